The standard InChI is InChI=1S/C16H20ClNO3/c1-3-19-15-10-11(8-12(17)16(15)20-4-2)9-13(18)14-6-5-7-21-14/h5-8,10,13H,3-4,9,18H2,1-2H3. The maximum Gasteiger partial charge on any atom is 0.179 e. The molecular formula is C16H20ClNO3. The average Bonchev–Trinajstić information content (AvgIpc) is 2.97. The van der Waals surface area contributed by atoms with Gasteiger partial charge in [-0.25, -0.2) is 0 Å². The number of halogens is 1. The van der Waals surface area contributed by atoms with E-state index in [1.54, 1.807) is 6.26 Å². The molecule has 1 aromatic carbocycles. The van der Waals surface area contributed by atoms with Gasteiger partial charge in [-0.05, 0) is 50.1 Å². The van der Waals surface area contributed by atoms with Crippen LogP contribution < -0.4 is 15.2 Å². The van der Waals surface area contributed by atoms with Crippen LogP contribution >= 0.6 is 11.6 Å². The Kier molecular flexibility index (Phi) is 5.53. The fourth-order valence-electron chi connectivity index (χ4n) is 2.14. The first-order valence-electron chi connectivity index (χ1n) is 7.02. The lowest BCUT2D eigenvalue weighted by molar-refractivity contribution is 0.287. The second-order valence-corrected chi connectivity index (χ2v) is 5.00. The van der Waals surface area contributed by atoms with Crippen molar-refractivity contribution >= 4 is 11.6 Å². The summed E-state index contributed by atoms with van der Waals surface area (Å²) in [5.74, 6) is 1.97. The Morgan fingerprint density at radius 2 is 2.00 bits per heavy atom. The molecule has 2 aromatic rings. The first kappa shape index (κ1) is 15.7. The van der Waals surface area contributed by atoms with Crippen LogP contribution in [0.1, 0.15) is 31.2 Å². The van der Waals surface area contributed by atoms with Crippen LogP contribution in [0.2, 0.25) is 5.02 Å². The lowest BCUT2D eigenvalue weighted by Gasteiger charge is -2.15. The Bertz CT molecular complexity index is 569. The van der Waals surface area contributed by atoms with Gasteiger partial charge in [0.1, 0.15) is 5.76 Å². The van der Waals surface area contributed by atoms with E-state index in [2.05, 4.69) is 0 Å². The van der Waals surface area contributed by atoms with Gasteiger partial charge in [-0.2, -0.15) is 0 Å². The van der Waals surface area contributed by atoms with Crippen molar-refractivity contribution in [3.8, 4) is 11.5 Å². The zero-order chi connectivity index (χ0) is 15.2. The summed E-state index contributed by atoms with van der Waals surface area (Å²) < 4.78 is 16.5. The lowest BCUT2D eigenvalue weighted by atomic mass is 10.0. The van der Waals surface area contributed by atoms with Crippen molar-refractivity contribution in [2.75, 3.05) is 13.2 Å². The number of hydrogen-bond acceptors (Lipinski definition) is 4. The third kappa shape index (κ3) is 3.93. The molecule has 114 valence electrons. The monoisotopic (exact) mass is 309 g/mol. The van der Waals surface area contributed by atoms with Crippen LogP contribution in [0.15, 0.2) is 34.9 Å². The molecular weight excluding hydrogens is 290 g/mol. The van der Waals surface area contributed by atoms with Crippen molar-refractivity contribution in [1.82, 2.24) is 0 Å². The highest BCUT2D eigenvalue weighted by atomic mass is 35.5. The molecule has 0 radical (unpaired) electrons. The third-order valence-corrected chi connectivity index (χ3v) is 3.30. The maximum atomic E-state index is 6.29. The van der Waals surface area contributed by atoms with E-state index in [1.807, 2.05) is 38.1 Å². The molecule has 1 unspecified atom stereocenters. The predicted molar refractivity (Wildman–Crippen MR) is 83.1 cm³/mol. The Balaban J connectivity index is 2.23. The molecule has 0 spiro atoms. The molecule has 0 fully saturated rings. The van der Waals surface area contributed by atoms with Gasteiger partial charge in [0.25, 0.3) is 0 Å². The summed E-state index contributed by atoms with van der Waals surface area (Å²) in [6, 6.07) is 7.25. The summed E-state index contributed by atoms with van der Waals surface area (Å²) >= 11 is 6.29. The summed E-state index contributed by atoms with van der Waals surface area (Å²) in [4.78, 5) is 0. The summed E-state index contributed by atoms with van der Waals surface area (Å²) in [5, 5.41) is 0.532. The highest BCUT2D eigenvalue weighted by Crippen LogP contribution is 2.37. The second-order valence-electron chi connectivity index (χ2n) is 4.60. The van der Waals surface area contributed by atoms with Crippen LogP contribution in [0.3, 0.4) is 0 Å². The molecule has 1 heterocycles. The molecule has 0 bridgehead atoms. The topological polar surface area (TPSA) is 57.6 Å². The van der Waals surface area contributed by atoms with E-state index in [0.29, 0.717) is 36.2 Å². The predicted octanol–water partition coefficient (Wildman–Crippen LogP) is 3.97. The Morgan fingerprint density at radius 3 is 2.62 bits per heavy atom. The quantitative estimate of drug-likeness (QED) is 0.840. The molecule has 0 amide bonds. The number of furan rings is 1. The minimum absolute atomic E-state index is 0.219. The van der Waals surface area contributed by atoms with E-state index in [0.717, 1.165) is 11.3 Å². The molecule has 0 aliphatic heterocycles. The van der Waals surface area contributed by atoms with Crippen molar-refractivity contribution in [1.29, 1.82) is 0 Å². The summed E-state index contributed by atoms with van der Waals surface area (Å²) in [6.45, 7) is 4.91. The number of nitrogens with two attached hydrogens (primary N) is 1. The number of hydrogen-bond donors (Lipinski definition) is 1. The third-order valence-electron chi connectivity index (χ3n) is 3.02. The second kappa shape index (κ2) is 7.38. The molecule has 21 heavy (non-hydrogen) atoms. The normalized spacial score (nSPS) is 12.2. The Labute approximate surface area is 129 Å². The van der Waals surface area contributed by atoms with E-state index in [9.17, 15) is 0 Å². The highest BCUT2D eigenvalue weighted by molar-refractivity contribution is 6.32. The smallest absolute Gasteiger partial charge is 0.179 e. The van der Waals surface area contributed by atoms with Gasteiger partial charge < -0.3 is 19.6 Å². The molecule has 0 aliphatic carbocycles. The first-order chi connectivity index (χ1) is 10.2. The van der Waals surface area contributed by atoms with Crippen molar-refractivity contribution in [2.45, 2.75) is 26.3 Å². The number of rotatable bonds is 7. The molecule has 2 rings (SSSR count). The van der Waals surface area contributed by atoms with Crippen molar-refractivity contribution in [2.24, 2.45) is 5.73 Å². The molecule has 2 N–H and O–H groups in total. The highest BCUT2D eigenvalue weighted by Gasteiger charge is 2.15. The van der Waals surface area contributed by atoms with Gasteiger partial charge in [-0.15, -0.1) is 0 Å². The van der Waals surface area contributed by atoms with Crippen LogP contribution in [-0.4, -0.2) is 13.2 Å². The molecule has 1 aromatic heterocycles. The zero-order valence-corrected chi connectivity index (χ0v) is 13.0. The van der Waals surface area contributed by atoms with E-state index >= 15 is 0 Å². The van der Waals surface area contributed by atoms with Crippen LogP contribution in [-0.2, 0) is 6.42 Å². The SMILES string of the molecule is CCOc1cc(CC(N)c2ccco2)cc(Cl)c1OCC. The minimum atomic E-state index is -0.219. The first-order valence-corrected chi connectivity index (χ1v) is 7.40. The van der Waals surface area contributed by atoms with E-state index in [1.165, 1.54) is 0 Å². The molecule has 1 atom stereocenters. The van der Waals surface area contributed by atoms with Crippen LogP contribution in [0.4, 0.5) is 0 Å². The number of benzene rings is 1. The Hall–Kier alpha value is -1.65. The lowest BCUT2D eigenvalue weighted by Crippen LogP contribution is -2.12. The van der Waals surface area contributed by atoms with Gasteiger partial charge in [0, 0.05) is 0 Å². The number of ether oxygens (including phenoxy) is 2. The van der Waals surface area contributed by atoms with E-state index < -0.39 is 0 Å². The van der Waals surface area contributed by atoms with Crippen molar-refractivity contribution in [3.63, 3.8) is 0 Å². The molecule has 5 heteroatoms. The minimum Gasteiger partial charge on any atom is -0.490 e. The Morgan fingerprint density at radius 1 is 1.24 bits per heavy atom. The van der Waals surface area contributed by atoms with Crippen LogP contribution in [0.5, 0.6) is 11.5 Å². The fourth-order valence-corrected chi connectivity index (χ4v) is 2.43. The van der Waals surface area contributed by atoms with Crippen LogP contribution in [0.25, 0.3) is 0 Å². The van der Waals surface area contributed by atoms with Gasteiger partial charge in [-0.1, -0.05) is 11.6 Å². The summed E-state index contributed by atoms with van der Waals surface area (Å²) in [5.41, 5.74) is 7.12. The van der Waals surface area contributed by atoms with Crippen LogP contribution in [0, 0.1) is 0 Å². The van der Waals surface area contributed by atoms with E-state index in [4.69, 9.17) is 31.2 Å². The van der Waals surface area contributed by atoms with E-state index in [-0.39, 0.29) is 6.04 Å². The van der Waals surface area contributed by atoms with Crippen molar-refractivity contribution < 1.29 is 13.9 Å². The summed E-state index contributed by atoms with van der Waals surface area (Å²) in [6.07, 6.45) is 2.23. The zero-order valence-electron chi connectivity index (χ0n) is 12.3. The molecule has 0 saturated heterocycles. The maximum absolute atomic E-state index is 6.29. The largest absolute Gasteiger partial charge is 0.490 e. The van der Waals surface area contributed by atoms with Gasteiger partial charge >= 0.3 is 0 Å². The molecule has 4 nitrogen and oxygen atoms in total. The van der Waals surface area contributed by atoms with Gasteiger partial charge in [-0.3, -0.25) is 0 Å². The summed E-state index contributed by atoms with van der Waals surface area (Å²) in [7, 11) is 0. The van der Waals surface area contributed by atoms with Crippen molar-refractivity contribution in [3.05, 3.63) is 46.9 Å². The van der Waals surface area contributed by atoms with Gasteiger partial charge in [0.05, 0.1) is 30.5 Å². The molecule has 0 aliphatic rings. The fraction of sp³-hybridized carbons (Fsp3) is 0.375. The molecule has 0 saturated carbocycles. The van der Waals surface area contributed by atoms with Gasteiger partial charge in [0.15, 0.2) is 11.5 Å². The van der Waals surface area contributed by atoms with Gasteiger partial charge in [0.2, 0.25) is 0 Å². The average molecular weight is 310 g/mol.